The van der Waals surface area contributed by atoms with Gasteiger partial charge >= 0.3 is 0 Å². The van der Waals surface area contributed by atoms with Crippen LogP contribution in [-0.4, -0.2) is 45.4 Å². The third-order valence-electron chi connectivity index (χ3n) is 3.48. The van der Waals surface area contributed by atoms with E-state index in [1.54, 1.807) is 30.3 Å². The zero-order valence-electron chi connectivity index (χ0n) is 13.8. The molecule has 0 saturated carbocycles. The van der Waals surface area contributed by atoms with E-state index in [9.17, 15) is 18.5 Å². The van der Waals surface area contributed by atoms with Crippen molar-refractivity contribution in [2.45, 2.75) is 4.90 Å². The number of nitro groups is 1. The van der Waals surface area contributed by atoms with Crippen LogP contribution in [0.15, 0.2) is 53.4 Å². The van der Waals surface area contributed by atoms with Gasteiger partial charge in [0, 0.05) is 24.2 Å². The van der Waals surface area contributed by atoms with E-state index in [1.807, 2.05) is 19.0 Å². The molecule has 0 aliphatic heterocycles. The monoisotopic (exact) mass is 383 g/mol. The van der Waals surface area contributed by atoms with Crippen LogP contribution in [0, 0.1) is 10.1 Å². The molecule has 0 aliphatic rings. The number of benzene rings is 2. The van der Waals surface area contributed by atoms with Gasteiger partial charge in [0.2, 0.25) is 0 Å². The molecule has 0 radical (unpaired) electrons. The molecule has 0 spiro atoms. The van der Waals surface area contributed by atoms with Crippen molar-refractivity contribution in [3.05, 3.63) is 63.7 Å². The first-order chi connectivity index (χ1) is 11.7. The minimum Gasteiger partial charge on any atom is -0.308 e. The topological polar surface area (TPSA) is 83.8 Å². The van der Waals surface area contributed by atoms with Crippen LogP contribution in [0.2, 0.25) is 5.02 Å². The highest BCUT2D eigenvalue weighted by atomic mass is 35.5. The molecule has 0 fully saturated rings. The Labute approximate surface area is 151 Å². The van der Waals surface area contributed by atoms with Crippen LogP contribution in [0.3, 0.4) is 0 Å². The molecule has 0 atom stereocenters. The van der Waals surface area contributed by atoms with Gasteiger partial charge in [-0.15, -0.1) is 0 Å². The molecule has 9 heteroatoms. The Hall–Kier alpha value is -2.16. The predicted octanol–water partition coefficient (Wildman–Crippen LogP) is 3.01. The first-order valence-electron chi connectivity index (χ1n) is 7.40. The minimum absolute atomic E-state index is 0.116. The second kappa shape index (κ2) is 7.81. The molecule has 0 unspecified atom stereocenters. The van der Waals surface area contributed by atoms with Gasteiger partial charge in [0.05, 0.1) is 10.6 Å². The highest BCUT2D eigenvalue weighted by Crippen LogP contribution is 2.31. The van der Waals surface area contributed by atoms with Crippen molar-refractivity contribution in [1.29, 1.82) is 0 Å². The molecule has 25 heavy (non-hydrogen) atoms. The molecule has 0 amide bonds. The van der Waals surface area contributed by atoms with Crippen molar-refractivity contribution in [1.82, 2.24) is 4.90 Å². The highest BCUT2D eigenvalue weighted by Gasteiger charge is 2.32. The van der Waals surface area contributed by atoms with E-state index in [2.05, 4.69) is 0 Å². The third-order valence-corrected chi connectivity index (χ3v) is 5.57. The fourth-order valence-corrected chi connectivity index (χ4v) is 4.12. The largest absolute Gasteiger partial charge is 0.308 e. The smallest absolute Gasteiger partial charge is 0.289 e. The molecule has 0 aromatic heterocycles. The number of halogens is 1. The lowest BCUT2D eigenvalue weighted by molar-refractivity contribution is -0.387. The van der Waals surface area contributed by atoms with Gasteiger partial charge in [0.15, 0.2) is 4.90 Å². The Kier molecular flexibility index (Phi) is 5.99. The molecular formula is C16H18ClN3O4S. The number of nitro benzene ring substituents is 1. The van der Waals surface area contributed by atoms with Crippen molar-refractivity contribution in [3.8, 4) is 0 Å². The van der Waals surface area contributed by atoms with Crippen molar-refractivity contribution in [2.75, 3.05) is 31.5 Å². The fourth-order valence-electron chi connectivity index (χ4n) is 2.24. The minimum atomic E-state index is -4.17. The summed E-state index contributed by atoms with van der Waals surface area (Å²) >= 11 is 5.89. The number of hydrogen-bond acceptors (Lipinski definition) is 5. The fraction of sp³-hybridized carbons (Fsp3) is 0.250. The van der Waals surface area contributed by atoms with Gasteiger partial charge in [-0.2, -0.15) is 0 Å². The van der Waals surface area contributed by atoms with Crippen molar-refractivity contribution in [3.63, 3.8) is 0 Å². The van der Waals surface area contributed by atoms with E-state index in [0.29, 0.717) is 12.2 Å². The SMILES string of the molecule is CN(C)CCN(c1ccccc1)S(=O)(=O)c1cc(Cl)ccc1[N+](=O)[O-]. The Morgan fingerprint density at radius 1 is 1.08 bits per heavy atom. The second-order valence-corrected chi connectivity index (χ2v) is 7.85. The molecule has 0 bridgehead atoms. The van der Waals surface area contributed by atoms with Crippen molar-refractivity contribution < 1.29 is 13.3 Å². The van der Waals surface area contributed by atoms with E-state index in [-0.39, 0.29) is 11.6 Å². The van der Waals surface area contributed by atoms with Crippen molar-refractivity contribution in [2.24, 2.45) is 0 Å². The van der Waals surface area contributed by atoms with Gasteiger partial charge in [-0.1, -0.05) is 29.8 Å². The zero-order chi connectivity index (χ0) is 18.6. The number of likely N-dealkylation sites (N-methyl/N-ethyl adjacent to an activating group) is 1. The summed E-state index contributed by atoms with van der Waals surface area (Å²) < 4.78 is 27.5. The quantitative estimate of drug-likeness (QED) is 0.542. The Morgan fingerprint density at radius 3 is 2.28 bits per heavy atom. The Morgan fingerprint density at radius 2 is 1.72 bits per heavy atom. The number of nitrogens with zero attached hydrogens (tertiary/aromatic N) is 3. The molecule has 0 saturated heterocycles. The predicted molar refractivity (Wildman–Crippen MR) is 97.6 cm³/mol. The summed E-state index contributed by atoms with van der Waals surface area (Å²) in [6, 6.07) is 12.0. The number of hydrogen-bond donors (Lipinski definition) is 0. The molecule has 2 rings (SSSR count). The number of rotatable bonds is 7. The molecular weight excluding hydrogens is 366 g/mol. The van der Waals surface area contributed by atoms with Crippen molar-refractivity contribution >= 4 is 33.0 Å². The summed E-state index contributed by atoms with van der Waals surface area (Å²) in [5.74, 6) is 0. The molecule has 134 valence electrons. The standard InChI is InChI=1S/C16H18ClN3O4S/c1-18(2)10-11-19(14-6-4-3-5-7-14)25(23,24)16-12-13(17)8-9-15(16)20(21)22/h3-9,12H,10-11H2,1-2H3. The third kappa shape index (κ3) is 4.47. The van der Waals surface area contributed by atoms with Crippen LogP contribution < -0.4 is 4.31 Å². The average Bonchev–Trinajstić information content (AvgIpc) is 2.55. The Balaban J connectivity index is 2.59. The van der Waals surface area contributed by atoms with Gasteiger partial charge < -0.3 is 4.90 Å². The molecule has 2 aromatic rings. The van der Waals surface area contributed by atoms with E-state index < -0.39 is 25.5 Å². The summed E-state index contributed by atoms with van der Waals surface area (Å²) in [4.78, 5) is 12.0. The average molecular weight is 384 g/mol. The van der Waals surface area contributed by atoms with Crippen LogP contribution in [0.1, 0.15) is 0 Å². The van der Waals surface area contributed by atoms with Crippen LogP contribution in [-0.2, 0) is 10.0 Å². The lowest BCUT2D eigenvalue weighted by Crippen LogP contribution is -2.37. The molecule has 0 heterocycles. The number of anilines is 1. The summed E-state index contributed by atoms with van der Waals surface area (Å²) in [5, 5.41) is 11.4. The normalized spacial score (nSPS) is 11.5. The summed E-state index contributed by atoms with van der Waals surface area (Å²) in [7, 11) is -0.533. The summed E-state index contributed by atoms with van der Waals surface area (Å²) in [5.41, 5.74) is -0.0752. The first kappa shape index (κ1) is 19.2. The maximum atomic E-state index is 13.2. The van der Waals surface area contributed by atoms with Crippen LogP contribution in [0.25, 0.3) is 0 Å². The van der Waals surface area contributed by atoms with Gasteiger partial charge in [-0.05, 0) is 38.4 Å². The van der Waals surface area contributed by atoms with Gasteiger partial charge in [0.25, 0.3) is 15.7 Å². The Bertz CT molecular complexity index is 857. The van der Waals surface area contributed by atoms with E-state index >= 15 is 0 Å². The molecule has 2 aromatic carbocycles. The summed E-state index contributed by atoms with van der Waals surface area (Å²) in [6.45, 7) is 0.589. The van der Waals surface area contributed by atoms with Gasteiger partial charge in [-0.3, -0.25) is 14.4 Å². The van der Waals surface area contributed by atoms with E-state index in [1.165, 1.54) is 6.07 Å². The summed E-state index contributed by atoms with van der Waals surface area (Å²) in [6.07, 6.45) is 0. The maximum Gasteiger partial charge on any atom is 0.289 e. The van der Waals surface area contributed by atoms with Crippen LogP contribution in [0.4, 0.5) is 11.4 Å². The number of sulfonamides is 1. The lowest BCUT2D eigenvalue weighted by atomic mass is 10.3. The molecule has 7 nitrogen and oxygen atoms in total. The van der Waals surface area contributed by atoms with E-state index in [4.69, 9.17) is 11.6 Å². The van der Waals surface area contributed by atoms with Crippen LogP contribution in [0.5, 0.6) is 0 Å². The number of para-hydroxylation sites is 1. The maximum absolute atomic E-state index is 13.2. The molecule has 0 N–H and O–H groups in total. The highest BCUT2D eigenvalue weighted by molar-refractivity contribution is 7.93. The first-order valence-corrected chi connectivity index (χ1v) is 9.22. The van der Waals surface area contributed by atoms with Gasteiger partial charge in [-0.25, -0.2) is 8.42 Å². The van der Waals surface area contributed by atoms with Gasteiger partial charge in [0.1, 0.15) is 0 Å². The second-order valence-electron chi connectivity index (χ2n) is 5.59. The lowest BCUT2D eigenvalue weighted by Gasteiger charge is -2.26. The van der Waals surface area contributed by atoms with E-state index in [0.717, 1.165) is 16.4 Å². The van der Waals surface area contributed by atoms with Crippen LogP contribution >= 0.6 is 11.6 Å². The molecule has 0 aliphatic carbocycles. The zero-order valence-corrected chi connectivity index (χ0v) is 15.4.